The number of nitrogens with one attached hydrogen (secondary N) is 1. The van der Waals surface area contributed by atoms with Gasteiger partial charge in [0.15, 0.2) is 0 Å². The van der Waals surface area contributed by atoms with E-state index in [-0.39, 0.29) is 0 Å². The number of unbranched alkanes of at least 4 members (excludes halogenated alkanes) is 15. The average molecular weight is 357 g/mol. The van der Waals surface area contributed by atoms with Crippen LogP contribution < -0.4 is 11.1 Å². The molecule has 0 spiro atoms. The molecule has 0 aromatic heterocycles. The SMILES string of the molecule is NCCCCCCCCCCCCCCCCCCNCCC[SiH3]. The van der Waals surface area contributed by atoms with Gasteiger partial charge in [0.2, 0.25) is 0 Å². The zero-order valence-corrected chi connectivity index (χ0v) is 18.9. The van der Waals surface area contributed by atoms with Gasteiger partial charge in [-0.05, 0) is 38.9 Å². The molecule has 146 valence electrons. The van der Waals surface area contributed by atoms with Gasteiger partial charge in [-0.25, -0.2) is 0 Å². The first-order valence-electron chi connectivity index (χ1n) is 11.3. The van der Waals surface area contributed by atoms with E-state index in [2.05, 4.69) is 5.32 Å². The highest BCUT2D eigenvalue weighted by molar-refractivity contribution is 6.08. The fourth-order valence-corrected chi connectivity index (χ4v) is 3.65. The first-order valence-corrected chi connectivity index (χ1v) is 12.7. The summed E-state index contributed by atoms with van der Waals surface area (Å²) in [5, 5.41) is 3.56. The molecule has 0 aromatic carbocycles. The summed E-state index contributed by atoms with van der Waals surface area (Å²) >= 11 is 0. The van der Waals surface area contributed by atoms with E-state index in [1.165, 1.54) is 139 Å². The van der Waals surface area contributed by atoms with Crippen LogP contribution in [0.4, 0.5) is 0 Å². The molecule has 0 saturated heterocycles. The second kappa shape index (κ2) is 23.1. The Morgan fingerprint density at radius 1 is 0.458 bits per heavy atom. The molecule has 0 rings (SSSR count). The van der Waals surface area contributed by atoms with Gasteiger partial charge in [0, 0.05) is 10.2 Å². The second-order valence-electron chi connectivity index (χ2n) is 7.55. The van der Waals surface area contributed by atoms with Crippen LogP contribution in [0.15, 0.2) is 0 Å². The topological polar surface area (TPSA) is 38.0 Å². The van der Waals surface area contributed by atoms with Gasteiger partial charge in [-0.2, -0.15) is 0 Å². The molecule has 0 bridgehead atoms. The van der Waals surface area contributed by atoms with Crippen molar-refractivity contribution in [2.45, 2.75) is 115 Å². The molecule has 0 heterocycles. The van der Waals surface area contributed by atoms with Crippen molar-refractivity contribution in [3.05, 3.63) is 0 Å². The predicted octanol–water partition coefficient (Wildman–Crippen LogP) is 4.95. The summed E-state index contributed by atoms with van der Waals surface area (Å²) in [6, 6.07) is 1.45. The van der Waals surface area contributed by atoms with Crippen LogP contribution in [-0.4, -0.2) is 29.9 Å². The minimum atomic E-state index is 0.872. The smallest absolute Gasteiger partial charge is 0.00286 e. The quantitative estimate of drug-likeness (QED) is 0.225. The molecule has 0 unspecified atom stereocenters. The molecule has 0 aliphatic heterocycles. The van der Waals surface area contributed by atoms with Crippen LogP contribution >= 0.6 is 0 Å². The van der Waals surface area contributed by atoms with E-state index < -0.39 is 0 Å². The fraction of sp³-hybridized carbons (Fsp3) is 1.00. The molecule has 3 heteroatoms. The van der Waals surface area contributed by atoms with Crippen LogP contribution in [0.1, 0.15) is 109 Å². The van der Waals surface area contributed by atoms with Crippen molar-refractivity contribution < 1.29 is 0 Å². The zero-order chi connectivity index (χ0) is 17.6. The lowest BCUT2D eigenvalue weighted by atomic mass is 10.0. The van der Waals surface area contributed by atoms with E-state index in [9.17, 15) is 0 Å². The Morgan fingerprint density at radius 2 is 0.792 bits per heavy atom. The van der Waals surface area contributed by atoms with Gasteiger partial charge < -0.3 is 11.1 Å². The molecule has 3 N–H and O–H groups in total. The molecule has 0 aromatic rings. The van der Waals surface area contributed by atoms with Crippen molar-refractivity contribution in [2.75, 3.05) is 19.6 Å². The largest absolute Gasteiger partial charge is 0.330 e. The van der Waals surface area contributed by atoms with Gasteiger partial charge in [-0.3, -0.25) is 0 Å². The van der Waals surface area contributed by atoms with Crippen LogP contribution in [0.2, 0.25) is 6.04 Å². The highest BCUT2D eigenvalue weighted by Crippen LogP contribution is 2.13. The summed E-state index contributed by atoms with van der Waals surface area (Å²) in [4.78, 5) is 0. The highest BCUT2D eigenvalue weighted by atomic mass is 28.1. The van der Waals surface area contributed by atoms with Gasteiger partial charge in [-0.15, -0.1) is 0 Å². The van der Waals surface area contributed by atoms with E-state index in [1.807, 2.05) is 0 Å². The van der Waals surface area contributed by atoms with E-state index >= 15 is 0 Å². The normalized spacial score (nSPS) is 11.4. The first kappa shape index (κ1) is 24.1. The molecule has 24 heavy (non-hydrogen) atoms. The van der Waals surface area contributed by atoms with E-state index in [0.29, 0.717) is 0 Å². The number of rotatable bonds is 21. The molecule has 0 saturated carbocycles. The third-order valence-corrected chi connectivity index (χ3v) is 5.72. The van der Waals surface area contributed by atoms with Crippen molar-refractivity contribution in [1.29, 1.82) is 0 Å². The van der Waals surface area contributed by atoms with E-state index in [4.69, 9.17) is 5.73 Å². The Hall–Kier alpha value is 0.137. The van der Waals surface area contributed by atoms with Crippen LogP contribution in [0, 0.1) is 0 Å². The molecule has 0 atom stereocenters. The Balaban J connectivity index is 2.93. The number of hydrogen-bond acceptors (Lipinski definition) is 2. The lowest BCUT2D eigenvalue weighted by molar-refractivity contribution is 0.524. The summed E-state index contributed by atoms with van der Waals surface area (Å²) in [6.45, 7) is 3.36. The minimum Gasteiger partial charge on any atom is -0.330 e. The molecule has 0 fully saturated rings. The molecule has 2 nitrogen and oxygen atoms in total. The molecule has 0 amide bonds. The monoisotopic (exact) mass is 356 g/mol. The van der Waals surface area contributed by atoms with Gasteiger partial charge in [0.05, 0.1) is 0 Å². The highest BCUT2D eigenvalue weighted by Gasteiger charge is 1.95. The second-order valence-corrected chi connectivity index (χ2v) is 8.55. The average Bonchev–Trinajstić information content (AvgIpc) is 2.60. The summed E-state index contributed by atoms with van der Waals surface area (Å²) in [6.07, 6.45) is 24.2. The van der Waals surface area contributed by atoms with E-state index in [1.54, 1.807) is 0 Å². The predicted molar refractivity (Wildman–Crippen MR) is 115 cm³/mol. The lowest BCUT2D eigenvalue weighted by Crippen LogP contribution is -2.16. The number of hydrogen-bond donors (Lipinski definition) is 2. The zero-order valence-electron chi connectivity index (χ0n) is 16.9. The van der Waals surface area contributed by atoms with Crippen LogP contribution in [0.5, 0.6) is 0 Å². The standard InChI is InChI=1S/C21H48N2Si/c22-18-15-13-11-9-7-5-3-1-2-4-6-8-10-12-14-16-19-23-20-17-21-24/h23H,1-22H2,24H3. The Kier molecular flexibility index (Phi) is 23.3. The number of nitrogens with two attached hydrogens (primary N) is 1. The summed E-state index contributed by atoms with van der Waals surface area (Å²) < 4.78 is 0. The van der Waals surface area contributed by atoms with Crippen molar-refractivity contribution in [2.24, 2.45) is 5.73 Å². The third kappa shape index (κ3) is 22.1. The van der Waals surface area contributed by atoms with Crippen molar-refractivity contribution in [1.82, 2.24) is 5.32 Å². The Morgan fingerprint density at radius 3 is 1.17 bits per heavy atom. The molecule has 0 aliphatic rings. The van der Waals surface area contributed by atoms with Gasteiger partial charge in [0.25, 0.3) is 0 Å². The Bertz CT molecular complexity index is 190. The lowest BCUT2D eigenvalue weighted by Gasteiger charge is -2.04. The molecular weight excluding hydrogens is 308 g/mol. The summed E-state index contributed by atoms with van der Waals surface area (Å²) in [5.74, 6) is 0. The molecule has 0 aliphatic carbocycles. The van der Waals surface area contributed by atoms with Crippen molar-refractivity contribution in [3.8, 4) is 0 Å². The van der Waals surface area contributed by atoms with Crippen LogP contribution in [0.25, 0.3) is 0 Å². The summed E-state index contributed by atoms with van der Waals surface area (Å²) in [5.41, 5.74) is 5.51. The Labute approximate surface area is 156 Å². The third-order valence-electron chi connectivity index (χ3n) is 5.01. The maximum Gasteiger partial charge on any atom is 0.00286 e. The van der Waals surface area contributed by atoms with Crippen LogP contribution in [0.3, 0.4) is 0 Å². The van der Waals surface area contributed by atoms with Crippen LogP contribution in [-0.2, 0) is 0 Å². The van der Waals surface area contributed by atoms with Crippen molar-refractivity contribution >= 4 is 10.2 Å². The molecular formula is C21H48N2Si. The minimum absolute atomic E-state index is 0.872. The fourth-order valence-electron chi connectivity index (χ4n) is 3.30. The summed E-state index contributed by atoms with van der Waals surface area (Å²) in [7, 11) is 1.37. The van der Waals surface area contributed by atoms with Gasteiger partial charge in [-0.1, -0.05) is 95.9 Å². The van der Waals surface area contributed by atoms with E-state index in [0.717, 1.165) is 6.54 Å². The maximum absolute atomic E-state index is 5.51. The van der Waals surface area contributed by atoms with Gasteiger partial charge in [0.1, 0.15) is 0 Å². The maximum atomic E-state index is 5.51. The van der Waals surface area contributed by atoms with Crippen molar-refractivity contribution in [3.63, 3.8) is 0 Å². The van der Waals surface area contributed by atoms with Gasteiger partial charge >= 0.3 is 0 Å². The first-order chi connectivity index (χ1) is 11.9. The molecule has 0 radical (unpaired) electrons.